The third-order valence-corrected chi connectivity index (χ3v) is 3.60. The molecule has 11 heteroatoms. The minimum atomic E-state index is -3.22. The number of methoxy groups -OCH3 is 1. The monoisotopic (exact) mass is 405 g/mol. The predicted molar refractivity (Wildman–Crippen MR) is 86.8 cm³/mol. The highest BCUT2D eigenvalue weighted by Gasteiger charge is 2.23. The molecule has 0 bridgehead atoms. The summed E-state index contributed by atoms with van der Waals surface area (Å²) in [6.07, 6.45) is 0. The molecule has 144 valence electrons. The molecule has 0 saturated heterocycles. The Morgan fingerprint density at radius 3 is 2.52 bits per heavy atom. The molecule has 0 N–H and O–H groups in total. The molecule has 27 heavy (non-hydrogen) atoms. The Kier molecular flexibility index (Phi) is 6.45. The van der Waals surface area contributed by atoms with Gasteiger partial charge in [-0.15, -0.1) is 0 Å². The molecule has 0 aliphatic heterocycles. The van der Waals surface area contributed by atoms with Crippen LogP contribution in [0.5, 0.6) is 11.5 Å². The van der Waals surface area contributed by atoms with Crippen LogP contribution in [-0.2, 0) is 11.3 Å². The zero-order valence-electron chi connectivity index (χ0n) is 13.6. The van der Waals surface area contributed by atoms with Crippen LogP contribution in [0, 0.1) is 15.9 Å². The van der Waals surface area contributed by atoms with Crippen molar-refractivity contribution in [1.29, 1.82) is 0 Å². The lowest BCUT2D eigenvalue weighted by atomic mass is 10.1. The van der Waals surface area contributed by atoms with Gasteiger partial charge in [0.05, 0.1) is 34.2 Å². The summed E-state index contributed by atoms with van der Waals surface area (Å²) >= 11 is 5.75. The summed E-state index contributed by atoms with van der Waals surface area (Å²) in [6.45, 7) is -3.81. The van der Waals surface area contributed by atoms with Crippen molar-refractivity contribution in [3.63, 3.8) is 0 Å². The third-order valence-electron chi connectivity index (χ3n) is 3.29. The molecule has 0 heterocycles. The Hall–Kier alpha value is -3.01. The van der Waals surface area contributed by atoms with Crippen LogP contribution in [0.4, 0.5) is 18.9 Å². The van der Waals surface area contributed by atoms with E-state index in [1.165, 1.54) is 0 Å². The van der Waals surface area contributed by atoms with E-state index in [2.05, 4.69) is 4.74 Å². The smallest absolute Gasteiger partial charge is 0.387 e. The fourth-order valence-corrected chi connectivity index (χ4v) is 2.34. The van der Waals surface area contributed by atoms with E-state index in [1.54, 1.807) is 0 Å². The average molecular weight is 406 g/mol. The van der Waals surface area contributed by atoms with E-state index < -0.39 is 41.4 Å². The van der Waals surface area contributed by atoms with Crippen molar-refractivity contribution < 1.29 is 37.1 Å². The molecule has 2 rings (SSSR count). The second-order valence-electron chi connectivity index (χ2n) is 4.97. The Labute approximate surface area is 155 Å². The molecule has 0 saturated carbocycles. The lowest BCUT2D eigenvalue weighted by Crippen LogP contribution is -2.09. The number of carbonyl (C=O) groups excluding carboxylic acids is 1. The summed E-state index contributed by atoms with van der Waals surface area (Å²) in [5, 5.41) is 11.0. The van der Waals surface area contributed by atoms with Crippen LogP contribution in [0.2, 0.25) is 5.02 Å². The first kappa shape index (κ1) is 20.3. The predicted octanol–water partition coefficient (Wildman–Crippen LogP) is 4.35. The first-order valence-electron chi connectivity index (χ1n) is 7.15. The van der Waals surface area contributed by atoms with Gasteiger partial charge >= 0.3 is 12.6 Å². The number of hydrogen-bond donors (Lipinski definition) is 0. The number of alkyl halides is 2. The summed E-state index contributed by atoms with van der Waals surface area (Å²) in [5.74, 6) is -2.38. The van der Waals surface area contributed by atoms with Gasteiger partial charge in [0.15, 0.2) is 11.5 Å². The molecule has 2 aromatic carbocycles. The van der Waals surface area contributed by atoms with Gasteiger partial charge in [0.2, 0.25) is 0 Å². The number of nitro groups is 1. The van der Waals surface area contributed by atoms with Crippen LogP contribution < -0.4 is 9.47 Å². The van der Waals surface area contributed by atoms with Crippen LogP contribution in [0.15, 0.2) is 30.3 Å². The molecular weight excluding hydrogens is 395 g/mol. The number of rotatable bonds is 7. The summed E-state index contributed by atoms with van der Waals surface area (Å²) in [6, 6.07) is 4.76. The van der Waals surface area contributed by atoms with Crippen LogP contribution in [0.25, 0.3) is 0 Å². The lowest BCUT2D eigenvalue weighted by Gasteiger charge is -2.12. The number of nitro benzene ring substituents is 1. The number of benzene rings is 2. The largest absolute Gasteiger partial charge is 0.493 e. The van der Waals surface area contributed by atoms with Gasteiger partial charge in [0.1, 0.15) is 12.4 Å². The third kappa shape index (κ3) is 5.00. The summed E-state index contributed by atoms with van der Waals surface area (Å²) in [5.41, 5.74) is -0.903. The van der Waals surface area contributed by atoms with Crippen molar-refractivity contribution in [2.75, 3.05) is 7.11 Å². The molecule has 0 atom stereocenters. The van der Waals surface area contributed by atoms with Gasteiger partial charge in [0.25, 0.3) is 5.69 Å². The normalized spacial score (nSPS) is 10.6. The minimum Gasteiger partial charge on any atom is -0.493 e. The Bertz CT molecular complexity index is 877. The highest BCUT2D eigenvalue weighted by molar-refractivity contribution is 6.33. The standard InChI is InChI=1S/C16H11ClF3NO6/c1-25-13-4-8(12(21(23)24)6-14(13)27-16(19)20)7-26-15(22)10-3-2-9(18)5-11(10)17/h2-6,16H,7H2,1H3. The molecule has 0 aliphatic rings. The molecule has 2 aromatic rings. The fourth-order valence-electron chi connectivity index (χ4n) is 2.10. The molecule has 0 spiro atoms. The van der Waals surface area contributed by atoms with Crippen molar-refractivity contribution in [3.8, 4) is 11.5 Å². The van der Waals surface area contributed by atoms with Crippen LogP contribution in [0.3, 0.4) is 0 Å². The van der Waals surface area contributed by atoms with E-state index in [0.29, 0.717) is 0 Å². The van der Waals surface area contributed by atoms with Gasteiger partial charge in [-0.2, -0.15) is 8.78 Å². The molecule has 0 unspecified atom stereocenters. The van der Waals surface area contributed by atoms with Gasteiger partial charge in [-0.3, -0.25) is 10.1 Å². The molecular formula is C16H11ClF3NO6. The van der Waals surface area contributed by atoms with Crippen molar-refractivity contribution in [3.05, 3.63) is 62.4 Å². The molecule has 0 aromatic heterocycles. The molecule has 0 amide bonds. The highest BCUT2D eigenvalue weighted by Crippen LogP contribution is 2.36. The molecule has 0 aliphatic carbocycles. The number of ether oxygens (including phenoxy) is 3. The van der Waals surface area contributed by atoms with Crippen LogP contribution >= 0.6 is 11.6 Å². The SMILES string of the molecule is COc1cc(COC(=O)c2ccc(F)cc2Cl)c([N+](=O)[O-])cc1OC(F)F. The van der Waals surface area contributed by atoms with Gasteiger partial charge in [0, 0.05) is 0 Å². The maximum absolute atomic E-state index is 13.0. The first-order valence-corrected chi connectivity index (χ1v) is 7.53. The number of carbonyl (C=O) groups is 1. The summed E-state index contributed by atoms with van der Waals surface area (Å²) in [7, 11) is 1.15. The zero-order chi connectivity index (χ0) is 20.1. The highest BCUT2D eigenvalue weighted by atomic mass is 35.5. The van der Waals surface area contributed by atoms with Gasteiger partial charge in [-0.05, 0) is 24.3 Å². The number of esters is 1. The van der Waals surface area contributed by atoms with E-state index >= 15 is 0 Å². The summed E-state index contributed by atoms with van der Waals surface area (Å²) in [4.78, 5) is 22.4. The van der Waals surface area contributed by atoms with Crippen molar-refractivity contribution in [2.45, 2.75) is 13.2 Å². The maximum Gasteiger partial charge on any atom is 0.387 e. The average Bonchev–Trinajstić information content (AvgIpc) is 2.59. The van der Waals surface area contributed by atoms with Crippen LogP contribution in [-0.4, -0.2) is 24.6 Å². The second-order valence-corrected chi connectivity index (χ2v) is 5.37. The van der Waals surface area contributed by atoms with Gasteiger partial charge in [-0.25, -0.2) is 9.18 Å². The molecule has 7 nitrogen and oxygen atoms in total. The van der Waals surface area contributed by atoms with Crippen molar-refractivity contribution in [1.82, 2.24) is 0 Å². The van der Waals surface area contributed by atoms with Crippen molar-refractivity contribution in [2.24, 2.45) is 0 Å². The van der Waals surface area contributed by atoms with Gasteiger partial charge in [-0.1, -0.05) is 11.6 Å². The molecule has 0 fully saturated rings. The zero-order valence-corrected chi connectivity index (χ0v) is 14.3. The number of nitrogens with zero attached hydrogens (tertiary/aromatic N) is 1. The summed E-state index contributed by atoms with van der Waals surface area (Å²) < 4.78 is 51.9. The van der Waals surface area contributed by atoms with Crippen molar-refractivity contribution >= 4 is 23.3 Å². The molecule has 0 radical (unpaired) electrons. The Morgan fingerprint density at radius 1 is 1.26 bits per heavy atom. The lowest BCUT2D eigenvalue weighted by molar-refractivity contribution is -0.386. The Balaban J connectivity index is 2.29. The van der Waals surface area contributed by atoms with E-state index in [4.69, 9.17) is 21.1 Å². The van der Waals surface area contributed by atoms with Gasteiger partial charge < -0.3 is 14.2 Å². The number of hydrogen-bond acceptors (Lipinski definition) is 6. The first-order chi connectivity index (χ1) is 12.7. The quantitative estimate of drug-likeness (QED) is 0.386. The van der Waals surface area contributed by atoms with E-state index in [9.17, 15) is 28.1 Å². The second kappa shape index (κ2) is 8.58. The van der Waals surface area contributed by atoms with E-state index in [0.717, 1.165) is 37.4 Å². The number of halogens is 4. The maximum atomic E-state index is 13.0. The fraction of sp³-hybridized carbons (Fsp3) is 0.188. The van der Waals surface area contributed by atoms with Crippen LogP contribution in [0.1, 0.15) is 15.9 Å². The minimum absolute atomic E-state index is 0.134. The van der Waals surface area contributed by atoms with E-state index in [1.807, 2.05) is 0 Å². The Morgan fingerprint density at radius 2 is 1.96 bits per heavy atom. The van der Waals surface area contributed by atoms with E-state index in [-0.39, 0.29) is 21.9 Å². The topological polar surface area (TPSA) is 87.9 Å².